The van der Waals surface area contributed by atoms with Crippen LogP contribution >= 0.6 is 12.2 Å². The van der Waals surface area contributed by atoms with Crippen LogP contribution in [0, 0.1) is 4.77 Å². The standard InChI is InChI=1S/C19H19N3O3S/c1-3-14(12-6-4-5-7-16(12)25-2)20-17(23)11-8-9-13-15(10-11)21-19(26)22-18(13)24/h4-10,14H,3H2,1-2H3,(H,20,23)(H2,21,22,24,26). The van der Waals surface area contributed by atoms with Gasteiger partial charge in [0.1, 0.15) is 5.75 Å². The summed E-state index contributed by atoms with van der Waals surface area (Å²) in [6.07, 6.45) is 0.710. The Kier molecular flexibility index (Phi) is 5.18. The molecule has 3 rings (SSSR count). The van der Waals surface area contributed by atoms with E-state index in [-0.39, 0.29) is 22.3 Å². The molecular weight excluding hydrogens is 350 g/mol. The van der Waals surface area contributed by atoms with E-state index >= 15 is 0 Å². The second-order valence-corrected chi connectivity index (χ2v) is 6.25. The molecule has 3 N–H and O–H groups in total. The van der Waals surface area contributed by atoms with Crippen molar-refractivity contribution in [3.63, 3.8) is 0 Å². The average molecular weight is 369 g/mol. The summed E-state index contributed by atoms with van der Waals surface area (Å²) in [5.74, 6) is 0.498. The lowest BCUT2D eigenvalue weighted by atomic mass is 10.0. The summed E-state index contributed by atoms with van der Waals surface area (Å²) >= 11 is 4.99. The van der Waals surface area contributed by atoms with Crippen LogP contribution in [0.25, 0.3) is 10.9 Å². The zero-order valence-corrected chi connectivity index (χ0v) is 15.3. The van der Waals surface area contributed by atoms with Crippen molar-refractivity contribution < 1.29 is 9.53 Å². The Labute approximate surface area is 155 Å². The molecule has 26 heavy (non-hydrogen) atoms. The van der Waals surface area contributed by atoms with Crippen LogP contribution in [0.3, 0.4) is 0 Å². The second kappa shape index (κ2) is 7.53. The first kappa shape index (κ1) is 17.9. The first-order chi connectivity index (χ1) is 12.5. The number of ether oxygens (including phenoxy) is 1. The van der Waals surface area contributed by atoms with Gasteiger partial charge in [0.2, 0.25) is 0 Å². The number of aromatic amines is 2. The summed E-state index contributed by atoms with van der Waals surface area (Å²) in [5.41, 5.74) is 1.61. The molecule has 1 aromatic heterocycles. The molecule has 134 valence electrons. The number of carbonyl (C=O) groups is 1. The molecule has 1 atom stereocenters. The minimum absolute atomic E-state index is 0.188. The molecule has 6 nitrogen and oxygen atoms in total. The summed E-state index contributed by atoms with van der Waals surface area (Å²) in [4.78, 5) is 30.1. The summed E-state index contributed by atoms with van der Waals surface area (Å²) in [5, 5.41) is 3.47. The van der Waals surface area contributed by atoms with Gasteiger partial charge in [0.05, 0.1) is 24.1 Å². The predicted octanol–water partition coefficient (Wildman–Crippen LogP) is 3.48. The third-order valence-electron chi connectivity index (χ3n) is 4.23. The number of methoxy groups -OCH3 is 1. The smallest absolute Gasteiger partial charge is 0.259 e. The molecule has 0 bridgehead atoms. The highest BCUT2D eigenvalue weighted by Gasteiger charge is 2.18. The van der Waals surface area contributed by atoms with Gasteiger partial charge in [-0.25, -0.2) is 0 Å². The molecule has 1 heterocycles. The van der Waals surface area contributed by atoms with Gasteiger partial charge in [0.25, 0.3) is 11.5 Å². The number of para-hydroxylation sites is 1. The lowest BCUT2D eigenvalue weighted by Crippen LogP contribution is -2.28. The number of rotatable bonds is 5. The van der Waals surface area contributed by atoms with Crippen LogP contribution in [0.1, 0.15) is 35.3 Å². The molecule has 0 radical (unpaired) electrons. The van der Waals surface area contributed by atoms with Gasteiger partial charge in [0, 0.05) is 11.1 Å². The number of nitrogens with one attached hydrogen (secondary N) is 3. The molecule has 1 amide bonds. The number of hydrogen-bond donors (Lipinski definition) is 3. The van der Waals surface area contributed by atoms with Crippen molar-refractivity contribution in [2.24, 2.45) is 0 Å². The normalized spacial score (nSPS) is 11.9. The molecule has 1 unspecified atom stereocenters. The lowest BCUT2D eigenvalue weighted by molar-refractivity contribution is 0.0935. The first-order valence-corrected chi connectivity index (χ1v) is 8.64. The third-order valence-corrected chi connectivity index (χ3v) is 4.43. The van der Waals surface area contributed by atoms with Crippen molar-refractivity contribution in [3.05, 3.63) is 68.7 Å². The summed E-state index contributed by atoms with van der Waals surface area (Å²) < 4.78 is 5.62. The van der Waals surface area contributed by atoms with Gasteiger partial charge >= 0.3 is 0 Å². The number of fused-ring (bicyclic) bond motifs is 1. The molecule has 0 saturated carbocycles. The monoisotopic (exact) mass is 369 g/mol. The topological polar surface area (TPSA) is 87.0 Å². The van der Waals surface area contributed by atoms with E-state index in [0.29, 0.717) is 22.9 Å². The van der Waals surface area contributed by atoms with Crippen molar-refractivity contribution in [1.29, 1.82) is 0 Å². The highest BCUT2D eigenvalue weighted by atomic mass is 32.1. The van der Waals surface area contributed by atoms with Gasteiger partial charge in [-0.2, -0.15) is 0 Å². The number of hydrogen-bond acceptors (Lipinski definition) is 4. The van der Waals surface area contributed by atoms with E-state index in [1.165, 1.54) is 0 Å². The number of benzene rings is 2. The first-order valence-electron chi connectivity index (χ1n) is 8.23. The fraction of sp³-hybridized carbons (Fsp3) is 0.211. The van der Waals surface area contributed by atoms with E-state index in [9.17, 15) is 9.59 Å². The van der Waals surface area contributed by atoms with Crippen LogP contribution in [0.15, 0.2) is 47.3 Å². The van der Waals surface area contributed by atoms with Gasteiger partial charge in [-0.05, 0) is 42.9 Å². The molecule has 0 aliphatic rings. The van der Waals surface area contributed by atoms with Crippen molar-refractivity contribution in [1.82, 2.24) is 15.3 Å². The van der Waals surface area contributed by atoms with Crippen molar-refractivity contribution >= 4 is 29.0 Å². The van der Waals surface area contributed by atoms with E-state index in [2.05, 4.69) is 15.3 Å². The maximum Gasteiger partial charge on any atom is 0.259 e. The molecule has 0 aliphatic heterocycles. The molecule has 2 aromatic carbocycles. The Balaban J connectivity index is 1.92. The van der Waals surface area contributed by atoms with Crippen molar-refractivity contribution in [2.45, 2.75) is 19.4 Å². The molecule has 7 heteroatoms. The fourth-order valence-corrected chi connectivity index (χ4v) is 3.11. The van der Waals surface area contributed by atoms with E-state index in [1.54, 1.807) is 25.3 Å². The highest BCUT2D eigenvalue weighted by Crippen LogP contribution is 2.27. The van der Waals surface area contributed by atoms with Gasteiger partial charge in [-0.15, -0.1) is 0 Å². The Morgan fingerprint density at radius 2 is 2.00 bits per heavy atom. The minimum atomic E-state index is -0.281. The van der Waals surface area contributed by atoms with Gasteiger partial charge in [0.15, 0.2) is 4.77 Å². The molecule has 0 spiro atoms. The van der Waals surface area contributed by atoms with E-state index in [1.807, 2.05) is 31.2 Å². The van der Waals surface area contributed by atoms with Gasteiger partial charge in [-0.3, -0.25) is 14.6 Å². The predicted molar refractivity (Wildman–Crippen MR) is 103 cm³/mol. The highest BCUT2D eigenvalue weighted by molar-refractivity contribution is 7.71. The number of H-pyrrole nitrogens is 2. The maximum atomic E-state index is 12.7. The largest absolute Gasteiger partial charge is 0.496 e. The van der Waals surface area contributed by atoms with Crippen LogP contribution in [0.5, 0.6) is 5.75 Å². The Morgan fingerprint density at radius 3 is 2.73 bits per heavy atom. The Bertz CT molecular complexity index is 1070. The van der Waals surface area contributed by atoms with Crippen molar-refractivity contribution in [2.75, 3.05) is 7.11 Å². The quantitative estimate of drug-likeness (QED) is 0.601. The van der Waals surface area contributed by atoms with E-state index in [4.69, 9.17) is 17.0 Å². The number of carbonyl (C=O) groups excluding carboxylic acids is 1. The van der Waals surface area contributed by atoms with E-state index < -0.39 is 0 Å². The summed E-state index contributed by atoms with van der Waals surface area (Å²) in [6.45, 7) is 1.99. The molecular formula is C19H19N3O3S. The average Bonchev–Trinajstić information content (AvgIpc) is 2.65. The number of aromatic nitrogens is 2. The Hall–Kier alpha value is -2.93. The second-order valence-electron chi connectivity index (χ2n) is 5.84. The van der Waals surface area contributed by atoms with Crippen LogP contribution in [-0.2, 0) is 0 Å². The maximum absolute atomic E-state index is 12.7. The Morgan fingerprint density at radius 1 is 1.23 bits per heavy atom. The lowest BCUT2D eigenvalue weighted by Gasteiger charge is -2.20. The molecule has 0 fully saturated rings. The van der Waals surface area contributed by atoms with Crippen LogP contribution in [0.4, 0.5) is 0 Å². The van der Waals surface area contributed by atoms with Crippen LogP contribution in [-0.4, -0.2) is 23.0 Å². The molecule has 3 aromatic rings. The van der Waals surface area contributed by atoms with Gasteiger partial charge in [-0.1, -0.05) is 25.1 Å². The van der Waals surface area contributed by atoms with E-state index in [0.717, 1.165) is 11.3 Å². The third kappa shape index (κ3) is 3.52. The van der Waals surface area contributed by atoms with Gasteiger partial charge < -0.3 is 15.0 Å². The molecule has 0 aliphatic carbocycles. The summed E-state index contributed by atoms with van der Waals surface area (Å²) in [7, 11) is 1.61. The zero-order chi connectivity index (χ0) is 18.7. The van der Waals surface area contributed by atoms with Crippen LogP contribution < -0.4 is 15.6 Å². The summed E-state index contributed by atoms with van der Waals surface area (Å²) in [6, 6.07) is 12.3. The van der Waals surface area contributed by atoms with Crippen molar-refractivity contribution in [3.8, 4) is 5.75 Å². The SMILES string of the molecule is CCC(NC(=O)c1ccc2c(=O)[nH]c(=S)[nH]c2c1)c1ccccc1OC. The molecule has 0 saturated heterocycles. The van der Waals surface area contributed by atoms with Crippen LogP contribution in [0.2, 0.25) is 0 Å². The fourth-order valence-electron chi connectivity index (χ4n) is 2.91. The number of amides is 1. The zero-order valence-electron chi connectivity index (χ0n) is 14.5. The minimum Gasteiger partial charge on any atom is -0.496 e.